The molecule has 1 aliphatic carbocycles. The van der Waals surface area contributed by atoms with Crippen molar-refractivity contribution in [2.45, 2.75) is 63.6 Å². The third-order valence-electron chi connectivity index (χ3n) is 5.48. The maximum Gasteiger partial charge on any atom is 0.124 e. The van der Waals surface area contributed by atoms with Gasteiger partial charge in [0.1, 0.15) is 5.75 Å². The molecule has 0 radical (unpaired) electrons. The van der Waals surface area contributed by atoms with Crippen molar-refractivity contribution < 1.29 is 9.57 Å². The van der Waals surface area contributed by atoms with Crippen LogP contribution in [-0.4, -0.2) is 23.3 Å². The van der Waals surface area contributed by atoms with Crippen LogP contribution in [0.5, 0.6) is 5.75 Å². The summed E-state index contributed by atoms with van der Waals surface area (Å²) >= 11 is 0. The van der Waals surface area contributed by atoms with Crippen LogP contribution in [0, 0.1) is 5.92 Å². The first-order valence-corrected chi connectivity index (χ1v) is 8.36. The first-order valence-electron chi connectivity index (χ1n) is 8.36. The third kappa shape index (κ3) is 2.18. The summed E-state index contributed by atoms with van der Waals surface area (Å²) in [5.74, 6) is 1.45. The van der Waals surface area contributed by atoms with Crippen LogP contribution in [0.2, 0.25) is 0 Å². The van der Waals surface area contributed by atoms with Gasteiger partial charge >= 0.3 is 0 Å². The van der Waals surface area contributed by atoms with E-state index < -0.39 is 0 Å². The minimum atomic E-state index is -0.143. The van der Waals surface area contributed by atoms with Gasteiger partial charge in [-0.15, -0.1) is 0 Å². The Balaban J connectivity index is 1.72. The number of rotatable bonds is 1. The number of fused-ring (bicyclic) bond motifs is 3. The van der Waals surface area contributed by atoms with Crippen molar-refractivity contribution in [3.05, 3.63) is 29.8 Å². The van der Waals surface area contributed by atoms with Gasteiger partial charge in [-0.1, -0.05) is 37.5 Å². The fourth-order valence-electron chi connectivity index (χ4n) is 4.27. The monoisotopic (exact) mass is 287 g/mol. The molecule has 0 bridgehead atoms. The first-order chi connectivity index (χ1) is 10.2. The van der Waals surface area contributed by atoms with E-state index in [0.29, 0.717) is 18.0 Å². The molecule has 0 aromatic heterocycles. The van der Waals surface area contributed by atoms with Crippen molar-refractivity contribution in [1.29, 1.82) is 0 Å². The second-order valence-electron chi connectivity index (χ2n) is 7.25. The van der Waals surface area contributed by atoms with E-state index >= 15 is 0 Å². The van der Waals surface area contributed by atoms with Gasteiger partial charge in [-0.25, -0.2) is 0 Å². The second kappa shape index (κ2) is 4.99. The van der Waals surface area contributed by atoms with Gasteiger partial charge in [0.15, 0.2) is 0 Å². The summed E-state index contributed by atoms with van der Waals surface area (Å²) in [6.45, 7) is 5.19. The zero-order valence-electron chi connectivity index (χ0n) is 13.0. The number of ether oxygens (including phenoxy) is 1. The summed E-state index contributed by atoms with van der Waals surface area (Å²) in [5, 5.41) is 2.34. The smallest absolute Gasteiger partial charge is 0.124 e. The Bertz CT molecular complexity index is 522. The molecule has 3 aliphatic rings. The highest BCUT2D eigenvalue weighted by Gasteiger charge is 2.54. The highest BCUT2D eigenvalue weighted by molar-refractivity contribution is 5.39. The summed E-state index contributed by atoms with van der Waals surface area (Å²) in [6, 6.07) is 9.41. The molecular formula is C18H25NO2. The van der Waals surface area contributed by atoms with Crippen LogP contribution in [0.1, 0.15) is 57.6 Å². The summed E-state index contributed by atoms with van der Waals surface area (Å²) in [5.41, 5.74) is 1.17. The molecule has 1 aromatic rings. The van der Waals surface area contributed by atoms with E-state index in [2.05, 4.69) is 43.2 Å². The van der Waals surface area contributed by atoms with E-state index in [-0.39, 0.29) is 5.60 Å². The zero-order valence-corrected chi connectivity index (χ0v) is 13.0. The largest absolute Gasteiger partial charge is 0.493 e. The number of benzene rings is 1. The number of nitrogens with zero attached hydrogens (tertiary/aromatic N) is 1. The molecule has 21 heavy (non-hydrogen) atoms. The van der Waals surface area contributed by atoms with Gasteiger partial charge in [0, 0.05) is 17.5 Å². The molecule has 0 N–H and O–H groups in total. The van der Waals surface area contributed by atoms with E-state index in [1.54, 1.807) is 0 Å². The standard InChI is InChI=1S/C18H25NO2/c1-18(2)15-12-20-16-11-7-6-10-14(16)17(15)19(21-18)13-8-4-3-5-9-13/h6-7,10-11,13,15,17H,3-5,8-9,12H2,1-2H3/t15-,17+/m1/s1. The van der Waals surface area contributed by atoms with Gasteiger partial charge < -0.3 is 4.74 Å². The molecule has 2 atom stereocenters. The summed E-state index contributed by atoms with van der Waals surface area (Å²) in [7, 11) is 0. The van der Waals surface area contributed by atoms with Crippen molar-refractivity contribution >= 4 is 0 Å². The van der Waals surface area contributed by atoms with E-state index in [9.17, 15) is 0 Å². The molecule has 1 saturated heterocycles. The van der Waals surface area contributed by atoms with Crippen LogP contribution in [0.3, 0.4) is 0 Å². The zero-order chi connectivity index (χ0) is 14.4. The van der Waals surface area contributed by atoms with Crippen LogP contribution in [0.25, 0.3) is 0 Å². The first kappa shape index (κ1) is 13.6. The van der Waals surface area contributed by atoms with Crippen LogP contribution in [0.4, 0.5) is 0 Å². The van der Waals surface area contributed by atoms with E-state index in [1.807, 2.05) is 0 Å². The fourth-order valence-corrected chi connectivity index (χ4v) is 4.27. The fraction of sp³-hybridized carbons (Fsp3) is 0.667. The molecule has 0 unspecified atom stereocenters. The minimum Gasteiger partial charge on any atom is -0.493 e. The Kier molecular flexibility index (Phi) is 3.23. The van der Waals surface area contributed by atoms with E-state index in [0.717, 1.165) is 12.4 Å². The Labute approximate surface area is 127 Å². The van der Waals surface area contributed by atoms with Gasteiger partial charge in [-0.2, -0.15) is 5.06 Å². The Morgan fingerprint density at radius 3 is 2.67 bits per heavy atom. The van der Waals surface area contributed by atoms with Crippen molar-refractivity contribution in [1.82, 2.24) is 5.06 Å². The topological polar surface area (TPSA) is 21.7 Å². The molecule has 4 rings (SSSR count). The molecule has 2 fully saturated rings. The minimum absolute atomic E-state index is 0.143. The van der Waals surface area contributed by atoms with E-state index in [1.165, 1.54) is 37.7 Å². The third-order valence-corrected chi connectivity index (χ3v) is 5.48. The van der Waals surface area contributed by atoms with Crippen molar-refractivity contribution in [2.24, 2.45) is 5.92 Å². The molecule has 0 spiro atoms. The molecule has 2 aliphatic heterocycles. The summed E-state index contributed by atoms with van der Waals surface area (Å²) < 4.78 is 6.00. The number of hydroxylamine groups is 2. The van der Waals surface area contributed by atoms with Gasteiger partial charge in [0.25, 0.3) is 0 Å². The number of para-hydroxylation sites is 1. The van der Waals surface area contributed by atoms with Crippen LogP contribution >= 0.6 is 0 Å². The average molecular weight is 287 g/mol. The normalized spacial score (nSPS) is 32.3. The SMILES string of the molecule is CC1(C)ON(C2CCCCC2)[C@H]2c3ccccc3OC[C@H]21. The molecule has 3 heteroatoms. The van der Waals surface area contributed by atoms with Crippen molar-refractivity contribution in [2.75, 3.05) is 6.61 Å². The highest BCUT2D eigenvalue weighted by Crippen LogP contribution is 2.52. The lowest BCUT2D eigenvalue weighted by molar-refractivity contribution is -0.223. The van der Waals surface area contributed by atoms with Crippen molar-refractivity contribution in [3.63, 3.8) is 0 Å². The lowest BCUT2D eigenvalue weighted by Gasteiger charge is -2.37. The molecular weight excluding hydrogens is 262 g/mol. The predicted molar refractivity (Wildman–Crippen MR) is 82.0 cm³/mol. The van der Waals surface area contributed by atoms with E-state index in [4.69, 9.17) is 9.57 Å². The van der Waals surface area contributed by atoms with Gasteiger partial charge in [0.05, 0.1) is 18.2 Å². The maximum atomic E-state index is 6.45. The lowest BCUT2D eigenvalue weighted by Crippen LogP contribution is -2.39. The molecule has 0 amide bonds. The van der Waals surface area contributed by atoms with Gasteiger partial charge in [-0.3, -0.25) is 4.84 Å². The Morgan fingerprint density at radius 2 is 1.86 bits per heavy atom. The lowest BCUT2D eigenvalue weighted by atomic mass is 9.80. The molecule has 1 saturated carbocycles. The van der Waals surface area contributed by atoms with Gasteiger partial charge in [-0.05, 0) is 32.8 Å². The van der Waals surface area contributed by atoms with Crippen LogP contribution in [-0.2, 0) is 4.84 Å². The predicted octanol–water partition coefficient (Wildman–Crippen LogP) is 4.09. The van der Waals surface area contributed by atoms with Crippen molar-refractivity contribution in [3.8, 4) is 5.75 Å². The molecule has 2 heterocycles. The number of hydrogen-bond donors (Lipinski definition) is 0. The second-order valence-corrected chi connectivity index (χ2v) is 7.25. The molecule has 114 valence electrons. The van der Waals surface area contributed by atoms with Crippen LogP contribution in [0.15, 0.2) is 24.3 Å². The maximum absolute atomic E-state index is 6.45. The van der Waals surface area contributed by atoms with Crippen LogP contribution < -0.4 is 4.74 Å². The average Bonchev–Trinajstić information content (AvgIpc) is 2.80. The highest BCUT2D eigenvalue weighted by atomic mass is 16.7. The Morgan fingerprint density at radius 1 is 1.10 bits per heavy atom. The molecule has 1 aromatic carbocycles. The summed E-state index contributed by atoms with van der Waals surface area (Å²) in [6.07, 6.45) is 6.58. The Hall–Kier alpha value is -1.06. The van der Waals surface area contributed by atoms with Gasteiger partial charge in [0.2, 0.25) is 0 Å². The quantitative estimate of drug-likeness (QED) is 0.776. The summed E-state index contributed by atoms with van der Waals surface area (Å²) in [4.78, 5) is 6.45. The molecule has 3 nitrogen and oxygen atoms in total. The number of hydrogen-bond acceptors (Lipinski definition) is 3.